The number of nitrogens with one attached hydrogen (secondary N) is 2. The maximum Gasteiger partial charge on any atom is 0.187 e. The molecule has 1 aliphatic heterocycles. The summed E-state index contributed by atoms with van der Waals surface area (Å²) in [4.78, 5) is 2.39. The second kappa shape index (κ2) is 10.4. The predicted octanol–water partition coefficient (Wildman–Crippen LogP) is 1.55. The van der Waals surface area contributed by atoms with Gasteiger partial charge in [0.15, 0.2) is 5.11 Å². The van der Waals surface area contributed by atoms with E-state index in [9.17, 15) is 0 Å². The monoisotopic (exact) mass is 350 g/mol. The van der Waals surface area contributed by atoms with Gasteiger partial charge in [0.25, 0.3) is 0 Å². The predicted molar refractivity (Wildman–Crippen MR) is 100 cm³/mol. The van der Waals surface area contributed by atoms with Crippen LogP contribution in [0, 0.1) is 0 Å². The zero-order valence-corrected chi connectivity index (χ0v) is 15.1. The Morgan fingerprint density at radius 1 is 1.33 bits per heavy atom. The average Bonchev–Trinajstić information content (AvgIpc) is 2.62. The van der Waals surface area contributed by atoms with E-state index in [4.69, 9.17) is 21.7 Å². The number of rotatable bonds is 7. The molecule has 1 heterocycles. The first-order valence-corrected chi connectivity index (χ1v) is 8.57. The Morgan fingerprint density at radius 2 is 2.04 bits per heavy atom. The lowest BCUT2D eigenvalue weighted by molar-refractivity contribution is 0.0285. The third kappa shape index (κ3) is 5.83. The molecule has 0 amide bonds. The first kappa shape index (κ1) is 18.8. The number of nitrogens with zero attached hydrogens (tertiary/aromatic N) is 2. The Bertz CT molecular complexity index is 533. The molecule has 1 aromatic carbocycles. The largest absolute Gasteiger partial charge is 0.383 e. The normalized spacial score (nSPS) is 17.3. The zero-order valence-electron chi connectivity index (χ0n) is 14.3. The van der Waals surface area contributed by atoms with Gasteiger partial charge < -0.3 is 14.8 Å². The maximum atomic E-state index is 5.48. The van der Waals surface area contributed by atoms with Crippen LogP contribution in [0.25, 0.3) is 0 Å². The van der Waals surface area contributed by atoms with Gasteiger partial charge in [-0.25, -0.2) is 0 Å². The molecular formula is C17H26N4O2S. The topological polar surface area (TPSA) is 58.1 Å². The smallest absolute Gasteiger partial charge is 0.187 e. The minimum Gasteiger partial charge on any atom is -0.383 e. The van der Waals surface area contributed by atoms with Crippen molar-refractivity contribution in [1.82, 2.24) is 15.6 Å². The highest BCUT2D eigenvalue weighted by atomic mass is 32.1. The van der Waals surface area contributed by atoms with Crippen LogP contribution in [0.4, 0.5) is 0 Å². The lowest BCUT2D eigenvalue weighted by Gasteiger charge is -2.34. The van der Waals surface area contributed by atoms with Crippen LogP contribution < -0.4 is 10.7 Å². The minimum absolute atomic E-state index is 0.115. The molecule has 0 saturated carbocycles. The molecule has 0 spiro atoms. The van der Waals surface area contributed by atoms with Gasteiger partial charge in [-0.15, -0.1) is 0 Å². The Kier molecular flexibility index (Phi) is 8.11. The van der Waals surface area contributed by atoms with E-state index in [2.05, 4.69) is 45.0 Å². The van der Waals surface area contributed by atoms with Gasteiger partial charge in [0.05, 0.1) is 31.6 Å². The highest BCUT2D eigenvalue weighted by Crippen LogP contribution is 2.23. The molecule has 1 aromatic rings. The van der Waals surface area contributed by atoms with Crippen molar-refractivity contribution in [2.24, 2.45) is 5.10 Å². The summed E-state index contributed by atoms with van der Waals surface area (Å²) in [6, 6.07) is 10.5. The number of ether oxygens (including phenoxy) is 2. The minimum atomic E-state index is 0.115. The number of hydrogen-bond donors (Lipinski definition) is 2. The molecule has 0 bridgehead atoms. The summed E-state index contributed by atoms with van der Waals surface area (Å²) in [7, 11) is 1.66. The highest BCUT2D eigenvalue weighted by molar-refractivity contribution is 7.80. The fraction of sp³-hybridized carbons (Fsp3) is 0.529. The first-order valence-electron chi connectivity index (χ1n) is 8.16. The van der Waals surface area contributed by atoms with E-state index in [0.29, 0.717) is 18.3 Å². The van der Waals surface area contributed by atoms with Crippen LogP contribution in [0.3, 0.4) is 0 Å². The van der Waals surface area contributed by atoms with Crippen LogP contribution in [0.2, 0.25) is 0 Å². The second-order valence-electron chi connectivity index (χ2n) is 5.58. The molecule has 24 heavy (non-hydrogen) atoms. The van der Waals surface area contributed by atoms with Crippen LogP contribution in [-0.2, 0) is 9.47 Å². The van der Waals surface area contributed by atoms with Crippen LogP contribution >= 0.6 is 12.2 Å². The fourth-order valence-corrected chi connectivity index (χ4v) is 2.84. The SMILES string of the molecule is COCCNC(=S)N/N=C(/C)[C@@H](c1ccccc1)N1CCOCC1. The molecule has 0 unspecified atom stereocenters. The fourth-order valence-electron chi connectivity index (χ4n) is 2.69. The molecule has 1 saturated heterocycles. The van der Waals surface area contributed by atoms with Gasteiger partial charge in [-0.3, -0.25) is 10.3 Å². The van der Waals surface area contributed by atoms with Crippen LogP contribution in [0.5, 0.6) is 0 Å². The number of morpholine rings is 1. The summed E-state index contributed by atoms with van der Waals surface area (Å²) in [5.41, 5.74) is 5.12. The molecule has 2 rings (SSSR count). The molecule has 132 valence electrons. The molecule has 0 radical (unpaired) electrons. The Labute approximate surface area is 149 Å². The summed E-state index contributed by atoms with van der Waals surface area (Å²) in [5, 5.41) is 8.05. The lowest BCUT2D eigenvalue weighted by atomic mass is 10.0. The van der Waals surface area contributed by atoms with Crippen molar-refractivity contribution < 1.29 is 9.47 Å². The summed E-state index contributed by atoms with van der Waals surface area (Å²) < 4.78 is 10.5. The van der Waals surface area contributed by atoms with Crippen LogP contribution in [-0.4, -0.2) is 62.3 Å². The quantitative estimate of drug-likeness (QED) is 0.337. The average molecular weight is 350 g/mol. The first-order chi connectivity index (χ1) is 11.7. The van der Waals surface area contributed by atoms with Crippen LogP contribution in [0.1, 0.15) is 18.5 Å². The lowest BCUT2D eigenvalue weighted by Crippen LogP contribution is -2.42. The number of hydrogen-bond acceptors (Lipinski definition) is 5. The van der Waals surface area contributed by atoms with Crippen LogP contribution in [0.15, 0.2) is 35.4 Å². The van der Waals surface area contributed by atoms with Gasteiger partial charge in [0, 0.05) is 26.7 Å². The summed E-state index contributed by atoms with van der Waals surface area (Å²) in [6.07, 6.45) is 0. The van der Waals surface area contributed by atoms with Gasteiger partial charge in [-0.2, -0.15) is 5.10 Å². The van der Waals surface area contributed by atoms with Gasteiger partial charge in [0.1, 0.15) is 0 Å². The Hall–Kier alpha value is -1.54. The van der Waals surface area contributed by atoms with E-state index in [0.717, 1.165) is 32.0 Å². The van der Waals surface area contributed by atoms with E-state index in [1.807, 2.05) is 13.0 Å². The van der Waals surface area contributed by atoms with Crippen molar-refractivity contribution in [2.45, 2.75) is 13.0 Å². The van der Waals surface area contributed by atoms with Crippen molar-refractivity contribution >= 4 is 23.0 Å². The van der Waals surface area contributed by atoms with E-state index in [1.165, 1.54) is 5.56 Å². The van der Waals surface area contributed by atoms with E-state index < -0.39 is 0 Å². The molecule has 1 aliphatic rings. The van der Waals surface area contributed by atoms with Crippen molar-refractivity contribution in [3.8, 4) is 0 Å². The van der Waals surface area contributed by atoms with Crippen molar-refractivity contribution in [2.75, 3.05) is 46.6 Å². The van der Waals surface area contributed by atoms with E-state index in [1.54, 1.807) is 7.11 Å². The summed E-state index contributed by atoms with van der Waals surface area (Å²) in [5.74, 6) is 0. The molecule has 0 aliphatic carbocycles. The number of benzene rings is 1. The molecule has 2 N–H and O–H groups in total. The second-order valence-corrected chi connectivity index (χ2v) is 5.98. The van der Waals surface area contributed by atoms with Crippen molar-refractivity contribution in [1.29, 1.82) is 0 Å². The summed E-state index contributed by atoms with van der Waals surface area (Å²) >= 11 is 5.23. The van der Waals surface area contributed by atoms with Gasteiger partial charge in [-0.1, -0.05) is 30.3 Å². The Balaban J connectivity index is 2.05. The zero-order chi connectivity index (χ0) is 17.2. The van der Waals surface area contributed by atoms with Gasteiger partial charge in [-0.05, 0) is 24.7 Å². The highest BCUT2D eigenvalue weighted by Gasteiger charge is 2.25. The standard InChI is InChI=1S/C17H26N4O2S/c1-14(19-20-17(24)18-8-11-22-2)16(15-6-4-3-5-7-15)21-9-12-23-13-10-21/h3-7,16H,8-13H2,1-2H3,(H2,18,20,24)/b19-14-/t16-/m0/s1. The maximum absolute atomic E-state index is 5.48. The molecule has 6 nitrogen and oxygen atoms in total. The molecule has 0 aromatic heterocycles. The molecular weight excluding hydrogens is 324 g/mol. The van der Waals surface area contributed by atoms with Crippen molar-refractivity contribution in [3.05, 3.63) is 35.9 Å². The van der Waals surface area contributed by atoms with Gasteiger partial charge in [0.2, 0.25) is 0 Å². The Morgan fingerprint density at radius 3 is 2.71 bits per heavy atom. The van der Waals surface area contributed by atoms with E-state index in [-0.39, 0.29) is 6.04 Å². The number of hydrazone groups is 1. The summed E-state index contributed by atoms with van der Waals surface area (Å²) in [6.45, 7) is 6.57. The number of thiocarbonyl (C=S) groups is 1. The molecule has 7 heteroatoms. The molecule has 1 atom stereocenters. The van der Waals surface area contributed by atoms with Crippen molar-refractivity contribution in [3.63, 3.8) is 0 Å². The third-order valence-electron chi connectivity index (χ3n) is 3.85. The molecule has 1 fully saturated rings. The van der Waals surface area contributed by atoms with E-state index >= 15 is 0 Å². The van der Waals surface area contributed by atoms with Gasteiger partial charge >= 0.3 is 0 Å². The third-order valence-corrected chi connectivity index (χ3v) is 4.08. The number of methoxy groups -OCH3 is 1.